The second kappa shape index (κ2) is 6.18. The number of hydrogen-bond acceptors (Lipinski definition) is 2. The zero-order chi connectivity index (χ0) is 13.8. The number of anilines is 1. The molecule has 0 aliphatic heterocycles. The lowest BCUT2D eigenvalue weighted by Crippen LogP contribution is -2.10. The predicted molar refractivity (Wildman–Crippen MR) is 81.2 cm³/mol. The van der Waals surface area contributed by atoms with Crippen molar-refractivity contribution >= 4 is 28.9 Å². The van der Waals surface area contributed by atoms with Gasteiger partial charge in [-0.2, -0.15) is 0 Å². The van der Waals surface area contributed by atoms with E-state index in [1.807, 2.05) is 25.1 Å². The van der Waals surface area contributed by atoms with Crippen LogP contribution < -0.4 is 5.32 Å². The molecule has 0 spiro atoms. The van der Waals surface area contributed by atoms with Crippen LogP contribution in [0.5, 0.6) is 5.75 Å². The van der Waals surface area contributed by atoms with Gasteiger partial charge in [-0.25, -0.2) is 0 Å². The van der Waals surface area contributed by atoms with Gasteiger partial charge in [-0.05, 0) is 30.7 Å². The van der Waals surface area contributed by atoms with E-state index >= 15 is 0 Å². The summed E-state index contributed by atoms with van der Waals surface area (Å²) in [5.41, 5.74) is 1.66. The Bertz CT molecular complexity index is 572. The lowest BCUT2D eigenvalue weighted by Gasteiger charge is -2.20. The van der Waals surface area contributed by atoms with Crippen molar-refractivity contribution in [2.24, 2.45) is 0 Å². The largest absolute Gasteiger partial charge is 0.508 e. The van der Waals surface area contributed by atoms with Crippen LogP contribution in [0, 0.1) is 0 Å². The molecule has 0 heterocycles. The third kappa shape index (κ3) is 3.34. The maximum Gasteiger partial charge on any atom is 0.120 e. The van der Waals surface area contributed by atoms with Gasteiger partial charge < -0.3 is 10.4 Å². The van der Waals surface area contributed by atoms with Crippen molar-refractivity contribution in [3.63, 3.8) is 0 Å². The van der Waals surface area contributed by atoms with E-state index in [0.29, 0.717) is 10.0 Å². The fourth-order valence-electron chi connectivity index (χ4n) is 1.98. The Hall–Kier alpha value is -1.38. The Morgan fingerprint density at radius 1 is 1.16 bits per heavy atom. The third-order valence-electron chi connectivity index (χ3n) is 2.98. The summed E-state index contributed by atoms with van der Waals surface area (Å²) in [7, 11) is 0. The van der Waals surface area contributed by atoms with Crippen LogP contribution in [0.15, 0.2) is 42.5 Å². The highest BCUT2D eigenvalue weighted by Gasteiger charge is 2.14. The fraction of sp³-hybridized carbons (Fsp3) is 0.200. The van der Waals surface area contributed by atoms with E-state index < -0.39 is 0 Å². The topological polar surface area (TPSA) is 32.3 Å². The van der Waals surface area contributed by atoms with Crippen molar-refractivity contribution in [2.45, 2.75) is 19.4 Å². The number of halogens is 2. The molecule has 2 rings (SSSR count). The Morgan fingerprint density at radius 2 is 1.89 bits per heavy atom. The highest BCUT2D eigenvalue weighted by molar-refractivity contribution is 6.36. The minimum Gasteiger partial charge on any atom is -0.508 e. The summed E-state index contributed by atoms with van der Waals surface area (Å²) in [6.45, 7) is 2.05. The number of rotatable bonds is 4. The number of hydrogen-bond donors (Lipinski definition) is 2. The van der Waals surface area contributed by atoms with Crippen molar-refractivity contribution in [2.75, 3.05) is 5.32 Å². The Kier molecular flexibility index (Phi) is 4.56. The van der Waals surface area contributed by atoms with Gasteiger partial charge in [0.2, 0.25) is 0 Å². The maximum absolute atomic E-state index is 9.91. The molecule has 0 radical (unpaired) electrons. The molecule has 1 unspecified atom stereocenters. The number of nitrogens with one attached hydrogen (secondary N) is 1. The summed E-state index contributed by atoms with van der Waals surface area (Å²) >= 11 is 12.0. The van der Waals surface area contributed by atoms with Gasteiger partial charge >= 0.3 is 0 Å². The first-order valence-corrected chi connectivity index (χ1v) is 6.87. The molecule has 1 atom stereocenters. The van der Waals surface area contributed by atoms with Crippen LogP contribution in [0.1, 0.15) is 24.9 Å². The summed E-state index contributed by atoms with van der Waals surface area (Å²) < 4.78 is 0. The summed E-state index contributed by atoms with van der Waals surface area (Å²) in [5, 5.41) is 14.4. The van der Waals surface area contributed by atoms with Gasteiger partial charge in [0, 0.05) is 10.6 Å². The molecule has 0 aromatic heterocycles. The van der Waals surface area contributed by atoms with Crippen LogP contribution in [0.4, 0.5) is 5.69 Å². The lowest BCUT2D eigenvalue weighted by molar-refractivity contribution is 0.463. The van der Waals surface area contributed by atoms with E-state index in [4.69, 9.17) is 23.2 Å². The average Bonchev–Trinajstić information content (AvgIpc) is 2.39. The summed E-state index contributed by atoms with van der Waals surface area (Å²) in [4.78, 5) is 0. The van der Waals surface area contributed by atoms with E-state index in [0.717, 1.165) is 17.7 Å². The normalized spacial score (nSPS) is 12.2. The van der Waals surface area contributed by atoms with Crippen molar-refractivity contribution in [3.05, 3.63) is 58.1 Å². The molecule has 0 aliphatic carbocycles. The zero-order valence-electron chi connectivity index (χ0n) is 10.5. The molecule has 0 aliphatic rings. The number of aromatic hydroxyl groups is 1. The van der Waals surface area contributed by atoms with Crippen LogP contribution >= 0.6 is 23.2 Å². The van der Waals surface area contributed by atoms with Crippen molar-refractivity contribution in [3.8, 4) is 5.75 Å². The van der Waals surface area contributed by atoms with Gasteiger partial charge in [0.15, 0.2) is 0 Å². The molecule has 100 valence electrons. The monoisotopic (exact) mass is 295 g/mol. The number of phenols is 1. The molecule has 0 fully saturated rings. The molecule has 2 aromatic rings. The number of para-hydroxylation sites is 1. The summed E-state index contributed by atoms with van der Waals surface area (Å²) in [6.07, 6.45) is 0.830. The Labute approximate surface area is 123 Å². The Morgan fingerprint density at radius 3 is 2.53 bits per heavy atom. The molecule has 0 saturated carbocycles. The minimum absolute atomic E-state index is 0.000115. The van der Waals surface area contributed by atoms with Crippen LogP contribution in [-0.4, -0.2) is 5.11 Å². The molecule has 4 heteroatoms. The van der Waals surface area contributed by atoms with Gasteiger partial charge in [0.1, 0.15) is 5.75 Å². The molecule has 2 nitrogen and oxygen atoms in total. The summed E-state index contributed by atoms with van der Waals surface area (Å²) in [5.74, 6) is 0.284. The van der Waals surface area contributed by atoms with Gasteiger partial charge in [0.25, 0.3) is 0 Å². The van der Waals surface area contributed by atoms with E-state index in [2.05, 4.69) is 5.32 Å². The number of phenolic OH excluding ortho intramolecular Hbond substituents is 1. The molecule has 0 saturated heterocycles. The molecular formula is C15H15Cl2NO. The van der Waals surface area contributed by atoms with E-state index in [1.54, 1.807) is 24.3 Å². The highest BCUT2D eigenvalue weighted by atomic mass is 35.5. The van der Waals surface area contributed by atoms with Crippen molar-refractivity contribution < 1.29 is 5.11 Å². The molecule has 2 aromatic carbocycles. The van der Waals surface area contributed by atoms with Gasteiger partial charge in [-0.15, -0.1) is 0 Å². The fourth-order valence-corrected chi connectivity index (χ4v) is 2.44. The third-order valence-corrected chi connectivity index (χ3v) is 3.53. The quantitative estimate of drug-likeness (QED) is 0.806. The van der Waals surface area contributed by atoms with E-state index in [-0.39, 0.29) is 11.8 Å². The molecule has 0 bridgehead atoms. The van der Waals surface area contributed by atoms with Gasteiger partial charge in [-0.1, -0.05) is 48.3 Å². The number of benzene rings is 2. The standard InChI is InChI=1S/C15H15Cl2NO/c1-2-13(11-5-3-4-6-15(11)19)18-14-8-7-10(16)9-12(14)17/h3-9,13,18-19H,2H2,1H3. The van der Waals surface area contributed by atoms with Gasteiger partial charge in [-0.3, -0.25) is 0 Å². The first-order valence-electron chi connectivity index (χ1n) is 6.11. The SMILES string of the molecule is CCC(Nc1ccc(Cl)cc1Cl)c1ccccc1O. The molecule has 2 N–H and O–H groups in total. The van der Waals surface area contributed by atoms with Crippen LogP contribution in [0.3, 0.4) is 0 Å². The first kappa shape index (κ1) is 14.0. The molecular weight excluding hydrogens is 281 g/mol. The molecule has 0 amide bonds. The highest BCUT2D eigenvalue weighted by Crippen LogP contribution is 2.32. The minimum atomic E-state index is -0.000115. The van der Waals surface area contributed by atoms with Crippen LogP contribution in [0.2, 0.25) is 10.0 Å². The van der Waals surface area contributed by atoms with Crippen molar-refractivity contribution in [1.82, 2.24) is 0 Å². The first-order chi connectivity index (χ1) is 9.11. The average molecular weight is 296 g/mol. The predicted octanol–water partition coefficient (Wildman–Crippen LogP) is 5.26. The van der Waals surface area contributed by atoms with Crippen LogP contribution in [0.25, 0.3) is 0 Å². The van der Waals surface area contributed by atoms with E-state index in [1.165, 1.54) is 0 Å². The second-order valence-corrected chi connectivity index (χ2v) is 5.13. The lowest BCUT2D eigenvalue weighted by atomic mass is 10.0. The molecule has 19 heavy (non-hydrogen) atoms. The smallest absolute Gasteiger partial charge is 0.120 e. The second-order valence-electron chi connectivity index (χ2n) is 4.29. The zero-order valence-corrected chi connectivity index (χ0v) is 12.0. The Balaban J connectivity index is 2.27. The van der Waals surface area contributed by atoms with Crippen molar-refractivity contribution in [1.29, 1.82) is 0 Å². The van der Waals surface area contributed by atoms with Gasteiger partial charge in [0.05, 0.1) is 16.8 Å². The maximum atomic E-state index is 9.91. The van der Waals surface area contributed by atoms with E-state index in [9.17, 15) is 5.11 Å². The summed E-state index contributed by atoms with van der Waals surface area (Å²) in [6, 6.07) is 12.6. The van der Waals surface area contributed by atoms with Crippen LogP contribution in [-0.2, 0) is 0 Å².